The number of amides is 19. The Morgan fingerprint density at radius 2 is 1.07 bits per heavy atom. The summed E-state index contributed by atoms with van der Waals surface area (Å²) in [7, 11) is 0. The number of aryl methyl sites for hydroxylation is 2. The number of primary amides is 1. The van der Waals surface area contributed by atoms with Gasteiger partial charge in [0.2, 0.25) is 112 Å². The number of nitrogens with two attached hydrogens (primary N) is 2. The second-order valence-corrected chi connectivity index (χ2v) is 33.7. The van der Waals surface area contributed by atoms with Crippen molar-refractivity contribution in [2.75, 3.05) is 85.2 Å². The summed E-state index contributed by atoms with van der Waals surface area (Å²) in [5.41, 5.74) is 19.9. The van der Waals surface area contributed by atoms with E-state index in [2.05, 4.69) is 136 Å². The molecule has 10 atom stereocenters. The molecule has 0 fully saturated rings. The summed E-state index contributed by atoms with van der Waals surface area (Å²) in [5.74, 6) is -20.9. The van der Waals surface area contributed by atoms with Gasteiger partial charge in [0.25, 0.3) is 0 Å². The number of carboxylic acid groups (broad SMARTS) is 1. The molecule has 0 bridgehead atoms. The lowest BCUT2D eigenvalue weighted by atomic mass is 9.90. The Labute approximate surface area is 828 Å². The Balaban J connectivity index is 1.09. The maximum Gasteiger partial charge on any atom is 0.305 e. The highest BCUT2D eigenvalue weighted by atomic mass is 19.1. The zero-order valence-electron chi connectivity index (χ0n) is 80.2. The van der Waals surface area contributed by atoms with Crippen LogP contribution < -0.4 is 112 Å². The van der Waals surface area contributed by atoms with Crippen LogP contribution >= 0.6 is 0 Å². The van der Waals surface area contributed by atoms with Crippen LogP contribution in [0.4, 0.5) is 4.39 Å². The van der Waals surface area contributed by atoms with Crippen molar-refractivity contribution in [3.05, 3.63) is 159 Å². The van der Waals surface area contributed by atoms with E-state index in [1.54, 1.807) is 60.8 Å². The van der Waals surface area contributed by atoms with Crippen LogP contribution in [0.25, 0.3) is 21.6 Å². The lowest BCUT2D eigenvalue weighted by Gasteiger charge is -2.34. The van der Waals surface area contributed by atoms with E-state index in [4.69, 9.17) is 21.7 Å². The largest absolute Gasteiger partial charge is 0.494 e. The molecule has 0 saturated heterocycles. The fraction of sp³-hybridized carbons (Fsp3) is 0.467. The van der Waals surface area contributed by atoms with Crippen LogP contribution in [0.2, 0.25) is 0 Å². The van der Waals surface area contributed by atoms with Crippen LogP contribution in [0.1, 0.15) is 113 Å². The minimum atomic E-state index is -2.46. The van der Waals surface area contributed by atoms with Crippen molar-refractivity contribution >= 4 is 118 Å². The maximum absolute atomic E-state index is 15.6. The van der Waals surface area contributed by atoms with Gasteiger partial charge in [-0.25, -0.2) is 9.37 Å². The van der Waals surface area contributed by atoms with Crippen molar-refractivity contribution in [2.45, 2.75) is 179 Å². The van der Waals surface area contributed by atoms with Crippen LogP contribution in [0.15, 0.2) is 109 Å². The number of aliphatic hydroxyl groups is 3. The summed E-state index contributed by atoms with van der Waals surface area (Å²) >= 11 is 0. The first-order chi connectivity index (χ1) is 68.9. The third-order valence-corrected chi connectivity index (χ3v) is 21.8. The number of nitrogens with zero attached hydrogens (tertiary/aromatic N) is 7. The Bertz CT molecular complexity index is 5540. The number of carboxylic acids is 1. The number of carbonyl (C=O) groups is 20. The quantitative estimate of drug-likeness (QED) is 0.00554. The van der Waals surface area contributed by atoms with Gasteiger partial charge in [-0.1, -0.05) is 90.0 Å². The number of azide groups is 1. The molecule has 55 heteroatoms. The molecule has 19 amide bonds. The van der Waals surface area contributed by atoms with E-state index in [-0.39, 0.29) is 56.7 Å². The maximum atomic E-state index is 15.6. The summed E-state index contributed by atoms with van der Waals surface area (Å²) in [4.78, 5) is 274. The highest BCUT2D eigenvalue weighted by Crippen LogP contribution is 2.30. The van der Waals surface area contributed by atoms with Gasteiger partial charge in [-0.3, -0.25) is 95.9 Å². The van der Waals surface area contributed by atoms with Gasteiger partial charge in [-0.05, 0) is 136 Å². The number of benzene rings is 4. The standard InChI is InChI=1S/C90H122FN29O25/c1-7-54-32-58(145-30-11-10-28-107-118-94)25-26-59(54)55-23-21-52(22-24-55)31-62(81(137)108-61(79(93)135)16-12-13-51-17-19-53(20-18-51)37-97-68(125)40-99-70(127)42-101-72(129)44-103-74(131)45-104-73(130)43-102-71(128)41-100-69(126)39-98-67(124)36-92)109-82(138)64(34-76(133)134)110-83(139)65(47-121)111-84(140)77(49(2)122)114-88(144)90(6,35-56-14-8-9-15-60(56)91)115-85(141)78(50(3)123)113-75(132)46-105-80(136)63(33-66-116-119-120-117-66)112-87(143)89(4,5)86(142)96-29-27-57-38-95-48-106-57/h8-9,14-15,17-26,32,38,48-50,61-65,77-78,121-123H,7,10-13,16,27-31,33-37,39-47,92H2,1-6H3,(H2,93,135)(H,95,106)(H,96,142)(H,97,125)(H,98,124)(H,99,127)(H,100,126)(H,101,129)(H,102,128)(H,103,131)(H,104,130)(H,105,136)(H,108,137)(H,109,138)(H,110,139)(H,111,140)(H,112,143)(H,113,132)(H,114,144)(H,115,141)(H,133,134)(H,116,117,119,120)/t49-,50-,61+,62+,63+,64+,65+,77+,78+,90-/m1/s1. The summed E-state index contributed by atoms with van der Waals surface area (Å²) in [6.45, 7) is 1.82. The Kier molecular flexibility index (Phi) is 48.4. The lowest BCUT2D eigenvalue weighted by molar-refractivity contribution is -0.143. The zero-order valence-corrected chi connectivity index (χ0v) is 80.2. The van der Waals surface area contributed by atoms with Crippen molar-refractivity contribution in [1.29, 1.82) is 0 Å². The van der Waals surface area contributed by atoms with Crippen LogP contribution in [-0.2, 0) is 141 Å². The van der Waals surface area contributed by atoms with E-state index < -0.39 is 268 Å². The van der Waals surface area contributed by atoms with Crippen molar-refractivity contribution in [3.63, 3.8) is 0 Å². The minimum absolute atomic E-state index is 0.0123. The van der Waals surface area contributed by atoms with E-state index in [1.807, 2.05) is 19.1 Å². The van der Waals surface area contributed by atoms with Crippen LogP contribution in [-0.4, -0.2) is 314 Å². The van der Waals surface area contributed by atoms with Gasteiger partial charge in [0.1, 0.15) is 64.8 Å². The van der Waals surface area contributed by atoms with Crippen molar-refractivity contribution < 1.29 is 125 Å². The SMILES string of the molecule is CCc1cc(OCCCCN=[N+]=[N-])ccc1-c1ccc(C[C@H](NC(=O)[C@H](CC(=O)O)NC(=O)[C@H](CO)NC(=O)[C@@H](NC(=O)[C@@](C)(Cc2ccccc2F)NC(=O)[C@@H](NC(=O)CNC(=O)[C@H](Cc2nn[nH]n2)NC(=O)C(C)(C)C(=O)NCCc2cnc[nH]2)[C@@H](C)O)[C@@H](C)O)C(=O)N[C@@H](CCCc2ccc(CNC(=O)CNC(=O)CNC(=O)CNC(=O)CNC(=O)CNC(=O)CNC(=O)CNC(=O)CN)cc2)C(N)=O)cc1. The molecule has 0 saturated carbocycles. The highest BCUT2D eigenvalue weighted by Gasteiger charge is 2.44. The predicted octanol–water partition coefficient (Wildman–Crippen LogP) is -8.32. The predicted molar refractivity (Wildman–Crippen MR) is 507 cm³/mol. The molecule has 0 spiro atoms. The number of aromatic nitrogens is 6. The fourth-order valence-electron chi connectivity index (χ4n) is 13.5. The number of carbonyl (C=O) groups excluding carboxylic acids is 19. The van der Waals surface area contributed by atoms with Gasteiger partial charge in [0.15, 0.2) is 5.82 Å². The normalized spacial score (nSPS) is 13.2. The fourth-order valence-corrected chi connectivity index (χ4v) is 13.5. The van der Waals surface area contributed by atoms with Crippen molar-refractivity contribution in [2.24, 2.45) is 22.0 Å². The van der Waals surface area contributed by atoms with Crippen molar-refractivity contribution in [1.82, 2.24) is 126 Å². The second-order valence-electron chi connectivity index (χ2n) is 33.7. The molecule has 2 aromatic heterocycles. The summed E-state index contributed by atoms with van der Waals surface area (Å²) < 4.78 is 21.6. The first kappa shape index (κ1) is 117. The first-order valence-corrected chi connectivity index (χ1v) is 45.6. The number of tetrazole rings is 1. The number of unbranched alkanes of at least 4 members (excludes halogenated alkanes) is 1. The zero-order chi connectivity index (χ0) is 107. The molecule has 6 rings (SSSR count). The number of ether oxygens (including phenoxy) is 1. The Hall–Kier alpha value is -16.6. The van der Waals surface area contributed by atoms with Gasteiger partial charge >= 0.3 is 5.97 Å². The molecule has 28 N–H and O–H groups in total. The lowest BCUT2D eigenvalue weighted by Crippen LogP contribution is -2.67. The smallest absolute Gasteiger partial charge is 0.305 e. The van der Waals surface area contributed by atoms with E-state index >= 15 is 4.39 Å². The third-order valence-electron chi connectivity index (χ3n) is 21.8. The van der Waals surface area contributed by atoms with Crippen molar-refractivity contribution in [3.8, 4) is 16.9 Å². The number of halogens is 1. The topological polar surface area (TPSA) is 832 Å². The first-order valence-electron chi connectivity index (χ1n) is 45.6. The number of aliphatic carboxylic acids is 1. The highest BCUT2D eigenvalue weighted by molar-refractivity contribution is 6.06. The van der Waals surface area contributed by atoms with Gasteiger partial charge < -0.3 is 137 Å². The summed E-state index contributed by atoms with van der Waals surface area (Å²) in [6.07, 6.45) is -1.14. The molecule has 0 aliphatic rings. The molecule has 784 valence electrons. The number of aromatic amines is 2. The van der Waals surface area contributed by atoms with E-state index in [0.29, 0.717) is 72.5 Å². The number of nitrogens with one attached hydrogen (secondary N) is 20. The van der Waals surface area contributed by atoms with Crippen LogP contribution in [0.5, 0.6) is 5.75 Å². The van der Waals surface area contributed by atoms with Gasteiger partial charge in [-0.2, -0.15) is 5.21 Å². The molecule has 0 unspecified atom stereocenters. The molecule has 4 aromatic carbocycles. The number of hydrogen-bond donors (Lipinski definition) is 26. The molecular formula is C90H122FN29O25. The average Bonchev–Trinajstić information content (AvgIpc) is 1.01. The summed E-state index contributed by atoms with van der Waals surface area (Å²) in [6, 6.07) is 10.6. The average molecular weight is 2030 g/mol. The van der Waals surface area contributed by atoms with Gasteiger partial charge in [0, 0.05) is 62.1 Å². The molecule has 0 aliphatic carbocycles. The number of imidazole rings is 1. The number of rotatable bonds is 63. The van der Waals surface area contributed by atoms with Crippen LogP contribution in [0, 0.1) is 11.2 Å². The number of hydrogen-bond acceptors (Lipinski definition) is 30. The van der Waals surface area contributed by atoms with E-state index in [9.17, 15) is 116 Å². The molecule has 54 nitrogen and oxygen atoms in total. The summed E-state index contributed by atoms with van der Waals surface area (Å²) in [5, 5.41) is 102. The number of aliphatic hydroxyl groups excluding tert-OH is 3. The molecular weight excluding hydrogens is 1910 g/mol. The van der Waals surface area contributed by atoms with Gasteiger partial charge in [-0.15, -0.1) is 10.2 Å². The van der Waals surface area contributed by atoms with E-state index in [0.717, 1.165) is 38.0 Å². The molecule has 145 heavy (non-hydrogen) atoms. The molecule has 0 aliphatic heterocycles. The molecule has 2 heterocycles. The minimum Gasteiger partial charge on any atom is -0.494 e. The molecule has 0 radical (unpaired) electrons. The van der Waals surface area contributed by atoms with Crippen LogP contribution in [0.3, 0.4) is 0 Å². The van der Waals surface area contributed by atoms with Gasteiger partial charge in [0.05, 0.1) is 97.1 Å². The van der Waals surface area contributed by atoms with E-state index in [1.165, 1.54) is 38.4 Å². The monoisotopic (exact) mass is 2030 g/mol. The second kappa shape index (κ2) is 59.9. The number of H-pyrrole nitrogens is 2. The molecule has 6 aromatic rings. The third kappa shape index (κ3) is 41.3. The Morgan fingerprint density at radius 3 is 1.61 bits per heavy atom. The Morgan fingerprint density at radius 1 is 0.538 bits per heavy atom.